The van der Waals surface area contributed by atoms with Gasteiger partial charge in [0, 0.05) is 23.2 Å². The Morgan fingerprint density at radius 1 is 1.26 bits per heavy atom. The Hall–Kier alpha value is -0.100. The zero-order valence-electron chi connectivity index (χ0n) is 11.6. The highest BCUT2D eigenvalue weighted by atomic mass is 79.9. The van der Waals surface area contributed by atoms with Gasteiger partial charge < -0.3 is 14.8 Å². The van der Waals surface area contributed by atoms with Gasteiger partial charge in [0.25, 0.3) is 0 Å². The van der Waals surface area contributed by atoms with Crippen LogP contribution in [0.1, 0.15) is 25.8 Å². The molecule has 0 aliphatic carbocycles. The molecule has 0 heterocycles. The highest BCUT2D eigenvalue weighted by Crippen LogP contribution is 2.32. The summed E-state index contributed by atoms with van der Waals surface area (Å²) in [6.45, 7) is 6.61. The maximum Gasteiger partial charge on any atom is 0.137 e. The van der Waals surface area contributed by atoms with Crippen molar-refractivity contribution in [3.05, 3.63) is 26.6 Å². The predicted molar refractivity (Wildman–Crippen MR) is 85.8 cm³/mol. The molecule has 1 aromatic carbocycles. The molecule has 0 atom stereocenters. The summed E-state index contributed by atoms with van der Waals surface area (Å²) in [6, 6.07) is 4.06. The van der Waals surface area contributed by atoms with Crippen LogP contribution in [0.2, 0.25) is 0 Å². The molecule has 0 saturated heterocycles. The minimum absolute atomic E-state index is 0.307. The number of methoxy groups -OCH3 is 1. The minimum atomic E-state index is 0.307. The molecule has 1 N–H and O–H groups in total. The maximum absolute atomic E-state index is 5.50. The SMILES string of the molecule is COc1c(Br)cc(Br)cc1CNCCCOC(C)C. The summed E-state index contributed by atoms with van der Waals surface area (Å²) in [5.74, 6) is 0.883. The van der Waals surface area contributed by atoms with Gasteiger partial charge in [0.05, 0.1) is 17.7 Å². The molecular formula is C14H21Br2NO2. The number of hydrogen-bond donors (Lipinski definition) is 1. The number of hydrogen-bond acceptors (Lipinski definition) is 3. The largest absolute Gasteiger partial charge is 0.495 e. The summed E-state index contributed by atoms with van der Waals surface area (Å²) in [5, 5.41) is 3.40. The summed E-state index contributed by atoms with van der Waals surface area (Å²) in [5.41, 5.74) is 1.13. The standard InChI is InChI=1S/C14H21Br2NO2/c1-10(2)19-6-4-5-17-9-11-7-12(15)8-13(16)14(11)18-3/h7-8,10,17H,4-6,9H2,1-3H3. The summed E-state index contributed by atoms with van der Waals surface area (Å²) >= 11 is 7.00. The van der Waals surface area contributed by atoms with Crippen LogP contribution < -0.4 is 10.1 Å². The van der Waals surface area contributed by atoms with Crippen LogP contribution in [0.15, 0.2) is 21.1 Å². The van der Waals surface area contributed by atoms with Crippen molar-refractivity contribution in [1.29, 1.82) is 0 Å². The van der Waals surface area contributed by atoms with E-state index in [2.05, 4.69) is 57.1 Å². The van der Waals surface area contributed by atoms with Crippen LogP contribution in [0.25, 0.3) is 0 Å². The van der Waals surface area contributed by atoms with Gasteiger partial charge in [0.1, 0.15) is 5.75 Å². The second-order valence-corrected chi connectivity index (χ2v) is 6.30. The fraction of sp³-hybridized carbons (Fsp3) is 0.571. The number of nitrogens with one attached hydrogen (secondary N) is 1. The molecule has 0 bridgehead atoms. The first kappa shape index (κ1) is 17.0. The van der Waals surface area contributed by atoms with Gasteiger partial charge in [-0.25, -0.2) is 0 Å². The van der Waals surface area contributed by atoms with Crippen molar-refractivity contribution in [2.75, 3.05) is 20.3 Å². The fourth-order valence-corrected chi connectivity index (χ4v) is 3.19. The Kier molecular flexibility index (Phi) is 7.99. The smallest absolute Gasteiger partial charge is 0.137 e. The first-order valence-electron chi connectivity index (χ1n) is 6.38. The highest BCUT2D eigenvalue weighted by Gasteiger charge is 2.08. The summed E-state index contributed by atoms with van der Waals surface area (Å²) in [7, 11) is 1.69. The average Bonchev–Trinajstić information content (AvgIpc) is 2.32. The maximum atomic E-state index is 5.50. The van der Waals surface area contributed by atoms with E-state index < -0.39 is 0 Å². The number of benzene rings is 1. The molecule has 19 heavy (non-hydrogen) atoms. The molecule has 3 nitrogen and oxygen atoms in total. The third-order valence-corrected chi connectivity index (χ3v) is 3.60. The lowest BCUT2D eigenvalue weighted by Crippen LogP contribution is -2.17. The molecule has 0 radical (unpaired) electrons. The normalized spacial score (nSPS) is 11.1. The average molecular weight is 395 g/mol. The van der Waals surface area contributed by atoms with E-state index in [9.17, 15) is 0 Å². The molecule has 5 heteroatoms. The minimum Gasteiger partial charge on any atom is -0.495 e. The van der Waals surface area contributed by atoms with Gasteiger partial charge in [-0.15, -0.1) is 0 Å². The third kappa shape index (κ3) is 6.25. The fourth-order valence-electron chi connectivity index (χ4n) is 1.71. The lowest BCUT2D eigenvalue weighted by molar-refractivity contribution is 0.0770. The number of halogens is 2. The van der Waals surface area contributed by atoms with Crippen LogP contribution in [0.3, 0.4) is 0 Å². The lowest BCUT2D eigenvalue weighted by atomic mass is 10.2. The van der Waals surface area contributed by atoms with Crippen LogP contribution in [-0.4, -0.2) is 26.4 Å². The quantitative estimate of drug-likeness (QED) is 0.672. The van der Waals surface area contributed by atoms with Crippen LogP contribution in [-0.2, 0) is 11.3 Å². The molecule has 1 rings (SSSR count). The van der Waals surface area contributed by atoms with E-state index in [-0.39, 0.29) is 0 Å². The summed E-state index contributed by atoms with van der Waals surface area (Å²) in [4.78, 5) is 0. The first-order chi connectivity index (χ1) is 9.04. The van der Waals surface area contributed by atoms with Crippen molar-refractivity contribution in [2.45, 2.75) is 32.9 Å². The zero-order valence-corrected chi connectivity index (χ0v) is 14.8. The topological polar surface area (TPSA) is 30.5 Å². The molecule has 0 aliphatic heterocycles. The van der Waals surface area contributed by atoms with Gasteiger partial charge in [-0.05, 0) is 54.9 Å². The molecule has 0 aromatic heterocycles. The van der Waals surface area contributed by atoms with E-state index in [0.717, 1.165) is 46.4 Å². The Bertz CT molecular complexity index is 397. The summed E-state index contributed by atoms with van der Waals surface area (Å²) < 4.78 is 12.9. The van der Waals surface area contributed by atoms with E-state index >= 15 is 0 Å². The first-order valence-corrected chi connectivity index (χ1v) is 7.97. The van der Waals surface area contributed by atoms with Crippen molar-refractivity contribution in [2.24, 2.45) is 0 Å². The molecular weight excluding hydrogens is 374 g/mol. The van der Waals surface area contributed by atoms with Crippen LogP contribution in [0.4, 0.5) is 0 Å². The summed E-state index contributed by atoms with van der Waals surface area (Å²) in [6.07, 6.45) is 1.32. The van der Waals surface area contributed by atoms with Crippen LogP contribution in [0, 0.1) is 0 Å². The van der Waals surface area contributed by atoms with Gasteiger partial charge >= 0.3 is 0 Å². The molecule has 0 aliphatic rings. The molecule has 0 fully saturated rings. The molecule has 0 unspecified atom stereocenters. The second-order valence-electron chi connectivity index (χ2n) is 4.53. The van der Waals surface area contributed by atoms with Crippen molar-refractivity contribution in [3.63, 3.8) is 0 Å². The second kappa shape index (κ2) is 8.95. The van der Waals surface area contributed by atoms with Gasteiger partial charge in [0.15, 0.2) is 0 Å². The van der Waals surface area contributed by atoms with Crippen molar-refractivity contribution < 1.29 is 9.47 Å². The monoisotopic (exact) mass is 393 g/mol. The van der Waals surface area contributed by atoms with Crippen LogP contribution >= 0.6 is 31.9 Å². The van der Waals surface area contributed by atoms with E-state index in [1.54, 1.807) is 7.11 Å². The third-order valence-electron chi connectivity index (χ3n) is 2.55. The van der Waals surface area contributed by atoms with Crippen LogP contribution in [0.5, 0.6) is 5.75 Å². The van der Waals surface area contributed by atoms with E-state index in [1.807, 2.05) is 6.07 Å². The number of ether oxygens (including phenoxy) is 2. The Morgan fingerprint density at radius 3 is 2.63 bits per heavy atom. The van der Waals surface area contributed by atoms with Crippen molar-refractivity contribution in [3.8, 4) is 5.75 Å². The van der Waals surface area contributed by atoms with Gasteiger partial charge in [-0.2, -0.15) is 0 Å². The predicted octanol–water partition coefficient (Wildman–Crippen LogP) is 4.12. The van der Waals surface area contributed by atoms with E-state index in [1.165, 1.54) is 0 Å². The molecule has 0 spiro atoms. The zero-order chi connectivity index (χ0) is 14.3. The van der Waals surface area contributed by atoms with Crippen molar-refractivity contribution in [1.82, 2.24) is 5.32 Å². The van der Waals surface area contributed by atoms with Crippen molar-refractivity contribution >= 4 is 31.9 Å². The highest BCUT2D eigenvalue weighted by molar-refractivity contribution is 9.11. The van der Waals surface area contributed by atoms with E-state index in [0.29, 0.717) is 6.10 Å². The Morgan fingerprint density at radius 2 is 2.00 bits per heavy atom. The Labute approximate surface area is 132 Å². The van der Waals surface area contributed by atoms with Gasteiger partial charge in [-0.1, -0.05) is 15.9 Å². The number of rotatable bonds is 8. The van der Waals surface area contributed by atoms with E-state index in [4.69, 9.17) is 9.47 Å². The van der Waals surface area contributed by atoms with Gasteiger partial charge in [0.2, 0.25) is 0 Å². The molecule has 108 valence electrons. The molecule has 0 amide bonds. The van der Waals surface area contributed by atoms with Gasteiger partial charge in [-0.3, -0.25) is 0 Å². The molecule has 1 aromatic rings. The molecule has 0 saturated carbocycles. The Balaban J connectivity index is 2.40. The lowest BCUT2D eigenvalue weighted by Gasteiger charge is -2.12.